The SMILES string of the molecule is CSc1ccc(/C=C/C(=O)OCC(=O)N[C@@](C)(C#N)C2CC2)cc1. The van der Waals surface area contributed by atoms with Crippen molar-refractivity contribution in [2.24, 2.45) is 5.92 Å². The average molecular weight is 344 g/mol. The predicted molar refractivity (Wildman–Crippen MR) is 93.1 cm³/mol. The number of nitrogens with one attached hydrogen (secondary N) is 1. The minimum Gasteiger partial charge on any atom is -0.452 e. The van der Waals surface area contributed by atoms with Crippen molar-refractivity contribution in [1.29, 1.82) is 5.26 Å². The maximum atomic E-state index is 11.8. The van der Waals surface area contributed by atoms with Crippen LogP contribution in [0.15, 0.2) is 35.2 Å². The van der Waals surface area contributed by atoms with Gasteiger partial charge in [-0.3, -0.25) is 4.79 Å². The molecule has 0 bridgehead atoms. The molecule has 5 nitrogen and oxygen atoms in total. The second-order valence-electron chi connectivity index (χ2n) is 5.85. The van der Waals surface area contributed by atoms with Crippen LogP contribution in [0.5, 0.6) is 0 Å². The van der Waals surface area contributed by atoms with Gasteiger partial charge in [0.15, 0.2) is 6.61 Å². The molecular weight excluding hydrogens is 324 g/mol. The Morgan fingerprint density at radius 3 is 2.62 bits per heavy atom. The Morgan fingerprint density at radius 2 is 2.08 bits per heavy atom. The number of hydrogen-bond acceptors (Lipinski definition) is 5. The molecule has 24 heavy (non-hydrogen) atoms. The number of esters is 1. The van der Waals surface area contributed by atoms with E-state index in [4.69, 9.17) is 4.74 Å². The lowest BCUT2D eigenvalue weighted by atomic mass is 9.98. The van der Waals surface area contributed by atoms with Crippen molar-refractivity contribution in [1.82, 2.24) is 5.32 Å². The molecule has 126 valence electrons. The Kier molecular flexibility index (Phi) is 6.04. The molecule has 1 N–H and O–H groups in total. The first-order valence-electron chi connectivity index (χ1n) is 7.68. The molecule has 0 spiro atoms. The summed E-state index contributed by atoms with van der Waals surface area (Å²) in [7, 11) is 0. The van der Waals surface area contributed by atoms with Crippen LogP contribution in [-0.2, 0) is 14.3 Å². The maximum absolute atomic E-state index is 11.8. The summed E-state index contributed by atoms with van der Waals surface area (Å²) in [6.07, 6.45) is 6.78. The van der Waals surface area contributed by atoms with Gasteiger partial charge in [0.25, 0.3) is 5.91 Å². The van der Waals surface area contributed by atoms with Crippen molar-refractivity contribution in [3.63, 3.8) is 0 Å². The number of ether oxygens (including phenoxy) is 1. The third-order valence-corrected chi connectivity index (χ3v) is 4.64. The molecule has 0 aromatic heterocycles. The summed E-state index contributed by atoms with van der Waals surface area (Å²) >= 11 is 1.64. The Morgan fingerprint density at radius 1 is 1.42 bits per heavy atom. The van der Waals surface area contributed by atoms with Gasteiger partial charge in [-0.2, -0.15) is 5.26 Å². The molecule has 0 unspecified atom stereocenters. The Balaban J connectivity index is 1.78. The summed E-state index contributed by atoms with van der Waals surface area (Å²) in [5.41, 5.74) is -0.00163. The number of carbonyl (C=O) groups excluding carboxylic acids is 2. The van der Waals surface area contributed by atoms with Gasteiger partial charge in [0.05, 0.1) is 6.07 Å². The average Bonchev–Trinajstić information content (AvgIpc) is 3.44. The zero-order valence-electron chi connectivity index (χ0n) is 13.7. The van der Waals surface area contributed by atoms with Gasteiger partial charge >= 0.3 is 5.97 Å². The first-order chi connectivity index (χ1) is 11.5. The number of amides is 1. The topological polar surface area (TPSA) is 79.2 Å². The van der Waals surface area contributed by atoms with E-state index in [-0.39, 0.29) is 5.92 Å². The third-order valence-electron chi connectivity index (χ3n) is 3.90. The Labute approximate surface area is 146 Å². The molecular formula is C18H20N2O3S. The quantitative estimate of drug-likeness (QED) is 0.467. The number of rotatable bonds is 7. The standard InChI is InChI=1S/C18H20N2O3S/c1-18(12-19,14-6-7-14)20-16(21)11-23-17(22)10-5-13-3-8-15(24-2)9-4-13/h3-5,8-10,14H,6-7,11H2,1-2H3,(H,20,21)/b10-5+/t18-/m0/s1. The first-order valence-corrected chi connectivity index (χ1v) is 8.90. The summed E-state index contributed by atoms with van der Waals surface area (Å²) in [6, 6.07) is 9.85. The number of carbonyl (C=O) groups is 2. The molecule has 1 aromatic carbocycles. The molecule has 1 aliphatic carbocycles. The zero-order chi connectivity index (χ0) is 17.6. The van der Waals surface area contributed by atoms with Crippen molar-refractivity contribution in [2.45, 2.75) is 30.2 Å². The Bertz CT molecular complexity index is 674. The van der Waals surface area contributed by atoms with Crippen LogP contribution in [0.2, 0.25) is 0 Å². The van der Waals surface area contributed by atoms with Crippen LogP contribution in [-0.4, -0.2) is 30.3 Å². The molecule has 0 saturated heterocycles. The fraction of sp³-hybridized carbons (Fsp3) is 0.389. The van der Waals surface area contributed by atoms with E-state index < -0.39 is 24.0 Å². The molecule has 1 fully saturated rings. The van der Waals surface area contributed by atoms with Crippen molar-refractivity contribution in [3.8, 4) is 6.07 Å². The molecule has 1 amide bonds. The van der Waals surface area contributed by atoms with Crippen LogP contribution < -0.4 is 5.32 Å². The highest BCUT2D eigenvalue weighted by atomic mass is 32.2. The minimum atomic E-state index is -0.877. The van der Waals surface area contributed by atoms with Crippen molar-refractivity contribution in [2.75, 3.05) is 12.9 Å². The molecule has 1 saturated carbocycles. The van der Waals surface area contributed by atoms with Gasteiger partial charge in [-0.25, -0.2) is 4.79 Å². The molecule has 1 aliphatic rings. The summed E-state index contributed by atoms with van der Waals surface area (Å²) in [6.45, 7) is 1.31. The maximum Gasteiger partial charge on any atom is 0.331 e. The summed E-state index contributed by atoms with van der Waals surface area (Å²) < 4.78 is 4.91. The second-order valence-corrected chi connectivity index (χ2v) is 6.73. The van der Waals surface area contributed by atoms with Gasteiger partial charge in [-0.05, 0) is 55.7 Å². The van der Waals surface area contributed by atoms with Crippen LogP contribution in [0.3, 0.4) is 0 Å². The van der Waals surface area contributed by atoms with Crippen LogP contribution >= 0.6 is 11.8 Å². The second kappa shape index (κ2) is 8.02. The fourth-order valence-corrected chi connectivity index (χ4v) is 2.68. The van der Waals surface area contributed by atoms with Crippen molar-refractivity contribution < 1.29 is 14.3 Å². The highest BCUT2D eigenvalue weighted by Gasteiger charge is 2.43. The molecule has 1 atom stereocenters. The van der Waals surface area contributed by atoms with E-state index in [1.54, 1.807) is 24.8 Å². The van der Waals surface area contributed by atoms with Gasteiger partial charge in [0, 0.05) is 11.0 Å². The van der Waals surface area contributed by atoms with E-state index in [2.05, 4.69) is 11.4 Å². The van der Waals surface area contributed by atoms with Crippen molar-refractivity contribution >= 4 is 29.7 Å². The first kappa shape index (κ1) is 18.1. The summed E-state index contributed by atoms with van der Waals surface area (Å²) in [4.78, 5) is 24.6. The van der Waals surface area contributed by atoms with E-state index in [0.717, 1.165) is 23.3 Å². The number of nitriles is 1. The van der Waals surface area contributed by atoms with Gasteiger partial charge in [0.1, 0.15) is 5.54 Å². The zero-order valence-corrected chi connectivity index (χ0v) is 14.6. The van der Waals surface area contributed by atoms with Crippen LogP contribution in [0.25, 0.3) is 6.08 Å². The monoisotopic (exact) mass is 344 g/mol. The molecule has 0 heterocycles. The predicted octanol–water partition coefficient (Wildman–Crippen LogP) is 2.77. The molecule has 6 heteroatoms. The number of benzene rings is 1. The van der Waals surface area contributed by atoms with Crippen molar-refractivity contribution in [3.05, 3.63) is 35.9 Å². The van der Waals surface area contributed by atoms with E-state index in [1.807, 2.05) is 30.5 Å². The number of hydrogen-bond donors (Lipinski definition) is 1. The van der Waals surface area contributed by atoms with Crippen LogP contribution in [0, 0.1) is 17.2 Å². The number of nitrogens with zero attached hydrogens (tertiary/aromatic N) is 1. The van der Waals surface area contributed by atoms with E-state index in [1.165, 1.54) is 6.08 Å². The lowest BCUT2D eigenvalue weighted by Crippen LogP contribution is -2.48. The molecule has 0 aliphatic heterocycles. The van der Waals surface area contributed by atoms with E-state index in [0.29, 0.717) is 0 Å². The van der Waals surface area contributed by atoms with Gasteiger partial charge in [-0.1, -0.05) is 12.1 Å². The Hall–Kier alpha value is -2.26. The van der Waals surface area contributed by atoms with E-state index >= 15 is 0 Å². The highest BCUT2D eigenvalue weighted by molar-refractivity contribution is 7.98. The van der Waals surface area contributed by atoms with Crippen LogP contribution in [0.4, 0.5) is 0 Å². The van der Waals surface area contributed by atoms with Gasteiger partial charge in [-0.15, -0.1) is 11.8 Å². The number of thioether (sulfide) groups is 1. The van der Waals surface area contributed by atoms with Gasteiger partial charge < -0.3 is 10.1 Å². The highest BCUT2D eigenvalue weighted by Crippen LogP contribution is 2.39. The normalized spacial score (nSPS) is 16.2. The van der Waals surface area contributed by atoms with E-state index in [9.17, 15) is 14.9 Å². The molecule has 0 radical (unpaired) electrons. The summed E-state index contributed by atoms with van der Waals surface area (Å²) in [5.74, 6) is -0.868. The molecule has 1 aromatic rings. The van der Waals surface area contributed by atoms with Gasteiger partial charge in [0.2, 0.25) is 0 Å². The smallest absolute Gasteiger partial charge is 0.331 e. The lowest BCUT2D eigenvalue weighted by Gasteiger charge is -2.22. The molecule has 2 rings (SSSR count). The largest absolute Gasteiger partial charge is 0.452 e. The third kappa shape index (κ3) is 5.14. The fourth-order valence-electron chi connectivity index (χ4n) is 2.27. The van der Waals surface area contributed by atoms with Crippen LogP contribution in [0.1, 0.15) is 25.3 Å². The minimum absolute atomic E-state index is 0.186. The lowest BCUT2D eigenvalue weighted by molar-refractivity contribution is -0.144. The summed E-state index contributed by atoms with van der Waals surface area (Å²) in [5, 5.41) is 11.8.